The van der Waals surface area contributed by atoms with Crippen LogP contribution in [-0.4, -0.2) is 15.9 Å². The van der Waals surface area contributed by atoms with Crippen molar-refractivity contribution in [2.45, 2.75) is 41.2 Å². The van der Waals surface area contributed by atoms with Crippen molar-refractivity contribution in [2.75, 3.05) is 5.73 Å². The van der Waals surface area contributed by atoms with Crippen LogP contribution in [-0.2, 0) is 21.8 Å². The van der Waals surface area contributed by atoms with Gasteiger partial charge in [0, 0.05) is 36.7 Å². The van der Waals surface area contributed by atoms with Gasteiger partial charge >= 0.3 is 34.5 Å². The number of halogens is 4. The minimum atomic E-state index is -0.446. The van der Waals surface area contributed by atoms with Gasteiger partial charge in [-0.05, 0) is 173 Å². The molecule has 0 saturated heterocycles. The van der Waals surface area contributed by atoms with Crippen molar-refractivity contribution in [1.29, 1.82) is 0 Å². The average Bonchev–Trinajstić information content (AvgIpc) is 0.834. The Hall–Kier alpha value is -7.85. The molecule has 0 bridgehead atoms. The third kappa shape index (κ3) is 25.0. The number of hydrogen-bond donors (Lipinski definition) is 2. The van der Waals surface area contributed by atoms with Crippen LogP contribution in [0.25, 0.3) is 22.2 Å². The van der Waals surface area contributed by atoms with E-state index in [1.54, 1.807) is 19.1 Å². The van der Waals surface area contributed by atoms with E-state index in [0.717, 1.165) is 47.8 Å². The molecule has 12 heteroatoms. The van der Waals surface area contributed by atoms with E-state index in [-0.39, 0.29) is 27.5 Å². The molecule has 0 spiro atoms. The van der Waals surface area contributed by atoms with Crippen LogP contribution in [0.4, 0.5) is 5.69 Å². The van der Waals surface area contributed by atoms with Crippen LogP contribution in [0, 0.1) is 27.7 Å². The van der Waals surface area contributed by atoms with E-state index < -0.39 is 23.8 Å². The Labute approximate surface area is 628 Å². The maximum atomic E-state index is 10.9. The molecule has 14 rings (SSSR count). The van der Waals surface area contributed by atoms with Gasteiger partial charge in [0.25, 0.3) is 0 Å². The molecular weight excluding hydrogens is 1540 g/mol. The van der Waals surface area contributed by atoms with Gasteiger partial charge in [0.2, 0.25) is 0 Å². The van der Waals surface area contributed by atoms with Crippen LogP contribution in [0.3, 0.4) is 0 Å². The zero-order valence-corrected chi connectivity index (χ0v) is 65.5. The molecule has 0 atom stereocenters. The summed E-state index contributed by atoms with van der Waals surface area (Å²) in [5.41, 5.74) is 15.8. The van der Waals surface area contributed by atoms with Crippen molar-refractivity contribution < 1.29 is 25.0 Å². The number of aliphatic hydroxyl groups is 1. The van der Waals surface area contributed by atoms with Crippen LogP contribution < -0.4 is 53.5 Å². The van der Waals surface area contributed by atoms with Gasteiger partial charge in [0.15, 0.2) is 5.78 Å². The van der Waals surface area contributed by atoms with Crippen molar-refractivity contribution in [3.8, 4) is 11.3 Å². The summed E-state index contributed by atoms with van der Waals surface area (Å²) in [6.07, 6.45) is 0. The SMILES string of the molecule is CC(=O)c1cc(C)cc(C)c1.Cc1cc(C)cc(-c2ccc3cc(Br)ccc3n2)c1.Nc1ccc(Br)cc1CO.[Cl][Ru][Cl].c1ccc(P(c2ccccc2)c2ccccc2)cc1.c1ccc(P(c2ccccc2)c2ccccc2)cc1.c1ccc(P(c2ccccc2)c2ccccc2)cc1. The molecule has 0 amide bonds. The van der Waals surface area contributed by atoms with E-state index in [1.165, 1.54) is 64.4 Å². The maximum Gasteiger partial charge on any atom is -0.0134 e. The molecule has 0 aliphatic carbocycles. The number of carbonyl (C=O) groups excluding carboxylic acids is 1. The predicted molar refractivity (Wildman–Crippen MR) is 442 cm³/mol. The Morgan fingerprint density at radius 3 is 0.920 bits per heavy atom. The summed E-state index contributed by atoms with van der Waals surface area (Å²) in [6.45, 7) is 9.82. The number of Topliss-reactive ketones (excluding diaryl/α,β-unsaturated/α-hetero) is 1. The maximum absolute atomic E-state index is 10.9. The first kappa shape index (κ1) is 77.9. The van der Waals surface area contributed by atoms with Gasteiger partial charge in [0.05, 0.1) is 17.8 Å². The summed E-state index contributed by atoms with van der Waals surface area (Å²) >= 11 is 6.41. The van der Waals surface area contributed by atoms with E-state index in [2.05, 4.69) is 361 Å². The van der Waals surface area contributed by atoms with Crippen molar-refractivity contribution in [3.63, 3.8) is 0 Å². The van der Waals surface area contributed by atoms with Gasteiger partial charge in [0.1, 0.15) is 0 Å². The molecular formula is C88H79Br2Cl2N2O2P3Ru. The standard InChI is InChI=1S/3C18H15P.C17H14BrN.C10H12O.C7H8BrNO.2ClH.Ru/c3*1-4-10-16(11-5-1)19(17-12-6-2-7-13-17)18-14-8-3-9-15-18;1-11-7-12(2)9-14(8-11)17-5-3-13-10-15(18)4-6-16(13)19-17;1-7-4-8(2)6-10(5-7)9(3)11;8-6-1-2-7(9)5(3-6)4-10;;;/h3*1-15H;3-10H,1-2H3;4-6H,1-3H3;1-3,10H,4,9H2;2*1H;/q;;;;;;;;+2/p-2. The summed E-state index contributed by atoms with van der Waals surface area (Å²) < 4.78 is 2.02. The average molecular weight is 1620 g/mol. The largest absolute Gasteiger partial charge is 0.0622 e. The normalized spacial score (nSPS) is 10.4. The minimum Gasteiger partial charge on any atom is -0.0622 e. The molecule has 14 aromatic rings. The third-order valence-electron chi connectivity index (χ3n) is 15.2. The number of fused-ring (bicyclic) bond motifs is 1. The Morgan fingerprint density at radius 2 is 0.650 bits per heavy atom. The quantitative estimate of drug-likeness (QED) is 0.0553. The first-order valence-electron chi connectivity index (χ1n) is 32.3. The first-order valence-corrected chi connectivity index (χ1v) is 42.4. The fraction of sp³-hybridized carbons (Fsp3) is 0.0682. The number of carbonyl (C=O) groups is 1. The number of aliphatic hydroxyl groups excluding tert-OH is 1. The van der Waals surface area contributed by atoms with Gasteiger partial charge < -0.3 is 10.8 Å². The molecule has 1 aromatic heterocycles. The zero-order chi connectivity index (χ0) is 70.9. The van der Waals surface area contributed by atoms with E-state index in [4.69, 9.17) is 35.2 Å². The molecule has 0 fully saturated rings. The molecule has 0 saturated carbocycles. The summed E-state index contributed by atoms with van der Waals surface area (Å²) in [7, 11) is 8.37. The summed E-state index contributed by atoms with van der Waals surface area (Å²) in [5, 5.41) is 22.5. The number of pyridine rings is 1. The Morgan fingerprint density at radius 1 is 0.380 bits per heavy atom. The molecule has 13 aromatic carbocycles. The van der Waals surface area contributed by atoms with Crippen molar-refractivity contribution in [2.24, 2.45) is 0 Å². The second-order valence-corrected chi connectivity index (χ2v) is 34.1. The second kappa shape index (κ2) is 42.4. The van der Waals surface area contributed by atoms with Crippen molar-refractivity contribution in [3.05, 3.63) is 400 Å². The number of benzene rings is 13. The minimum absolute atomic E-state index is 0.00866. The smallest absolute Gasteiger partial charge is 0.0134 e. The number of nitrogens with two attached hydrogens (primary N) is 1. The van der Waals surface area contributed by atoms with Gasteiger partial charge in [-0.15, -0.1) is 0 Å². The molecule has 0 radical (unpaired) electrons. The topological polar surface area (TPSA) is 76.2 Å². The molecule has 1 heterocycles. The number of hydrogen-bond acceptors (Lipinski definition) is 4. The van der Waals surface area contributed by atoms with E-state index in [1.807, 2.05) is 44.2 Å². The van der Waals surface area contributed by atoms with Crippen LogP contribution >= 0.6 is 75.0 Å². The van der Waals surface area contributed by atoms with E-state index in [9.17, 15) is 4.79 Å². The monoisotopic (exact) mass is 1620 g/mol. The Kier molecular flexibility index (Phi) is 33.0. The molecule has 4 nitrogen and oxygen atoms in total. The fourth-order valence-corrected chi connectivity index (χ4v) is 18.5. The Bertz CT molecular complexity index is 4100. The second-order valence-electron chi connectivity index (χ2n) is 22.9. The molecule has 504 valence electrons. The summed E-state index contributed by atoms with van der Waals surface area (Å²) in [4.78, 5) is 15.7. The van der Waals surface area contributed by atoms with Crippen LogP contribution in [0.1, 0.15) is 45.1 Å². The summed E-state index contributed by atoms with van der Waals surface area (Å²) in [6, 6.07) is 125. The molecule has 100 heavy (non-hydrogen) atoms. The van der Waals surface area contributed by atoms with Crippen LogP contribution in [0.2, 0.25) is 0 Å². The number of nitrogens with zero attached hydrogens (tertiary/aromatic N) is 1. The van der Waals surface area contributed by atoms with E-state index >= 15 is 0 Å². The number of rotatable bonds is 12. The molecule has 3 N–H and O–H groups in total. The third-order valence-corrected chi connectivity index (χ3v) is 23.5. The fourth-order valence-electron chi connectivity index (χ4n) is 10.8. The van der Waals surface area contributed by atoms with Crippen LogP contribution in [0.15, 0.2) is 367 Å². The van der Waals surface area contributed by atoms with Crippen molar-refractivity contribution >= 4 is 145 Å². The molecule has 0 aliphatic heterocycles. The number of nitrogen functional groups attached to an aromatic ring is 1. The zero-order valence-electron chi connectivity index (χ0n) is 56.4. The van der Waals surface area contributed by atoms with Crippen molar-refractivity contribution in [1.82, 2.24) is 4.98 Å². The van der Waals surface area contributed by atoms with Gasteiger partial charge in [-0.3, -0.25) is 4.79 Å². The first-order chi connectivity index (χ1) is 48.7. The van der Waals surface area contributed by atoms with Gasteiger partial charge in [-0.2, -0.15) is 0 Å². The number of ketones is 1. The van der Waals surface area contributed by atoms with E-state index in [0.29, 0.717) is 5.69 Å². The molecule has 0 aliphatic rings. The number of anilines is 1. The molecule has 0 unspecified atom stereocenters. The number of aryl methyl sites for hydroxylation is 4. The predicted octanol–water partition coefficient (Wildman–Crippen LogP) is 21.0. The Balaban J connectivity index is 0.000000154. The van der Waals surface area contributed by atoms with Gasteiger partial charge in [-0.1, -0.05) is 345 Å². The van der Waals surface area contributed by atoms with Gasteiger partial charge in [-0.25, -0.2) is 4.98 Å². The van der Waals surface area contributed by atoms with Crippen LogP contribution in [0.5, 0.6) is 0 Å². The summed E-state index contributed by atoms with van der Waals surface area (Å²) in [5.74, 6) is 0.136. The number of aromatic nitrogens is 1.